The van der Waals surface area contributed by atoms with E-state index >= 15 is 0 Å². The van der Waals surface area contributed by atoms with Gasteiger partial charge >= 0.3 is 5.97 Å². The SMILES string of the molecule is COCC1Nc2cc(C(=O)O)ccc2NC1=O. The third-order valence-corrected chi connectivity index (χ3v) is 2.50. The molecule has 0 aromatic heterocycles. The van der Waals surface area contributed by atoms with Gasteiger partial charge in [-0.05, 0) is 18.2 Å². The lowest BCUT2D eigenvalue weighted by molar-refractivity contribution is -0.118. The Kier molecular flexibility index (Phi) is 2.97. The molecular weight excluding hydrogens is 224 g/mol. The first-order chi connectivity index (χ1) is 8.11. The molecule has 1 aliphatic rings. The molecule has 0 spiro atoms. The second-order valence-electron chi connectivity index (χ2n) is 3.71. The molecule has 1 aromatic carbocycles. The quantitative estimate of drug-likeness (QED) is 0.721. The maximum atomic E-state index is 11.6. The number of hydrogen-bond donors (Lipinski definition) is 3. The summed E-state index contributed by atoms with van der Waals surface area (Å²) in [4.78, 5) is 22.4. The summed E-state index contributed by atoms with van der Waals surface area (Å²) in [6.07, 6.45) is 0. The predicted octanol–water partition coefficient (Wildman–Crippen LogP) is 0.764. The monoisotopic (exact) mass is 236 g/mol. The van der Waals surface area contributed by atoms with E-state index < -0.39 is 12.0 Å². The van der Waals surface area contributed by atoms with Crippen molar-refractivity contribution in [3.05, 3.63) is 23.8 Å². The van der Waals surface area contributed by atoms with E-state index in [0.717, 1.165) is 0 Å². The predicted molar refractivity (Wildman–Crippen MR) is 61.3 cm³/mol. The van der Waals surface area contributed by atoms with Gasteiger partial charge in [0.05, 0.1) is 23.5 Å². The van der Waals surface area contributed by atoms with E-state index in [1.54, 1.807) is 6.07 Å². The highest BCUT2D eigenvalue weighted by atomic mass is 16.5. The Morgan fingerprint density at radius 2 is 2.24 bits per heavy atom. The van der Waals surface area contributed by atoms with Gasteiger partial charge in [0, 0.05) is 7.11 Å². The van der Waals surface area contributed by atoms with E-state index in [4.69, 9.17) is 9.84 Å². The highest BCUT2D eigenvalue weighted by molar-refractivity contribution is 6.04. The van der Waals surface area contributed by atoms with Gasteiger partial charge in [0.1, 0.15) is 6.04 Å². The third-order valence-electron chi connectivity index (χ3n) is 2.50. The molecule has 0 bridgehead atoms. The molecule has 1 heterocycles. The minimum absolute atomic E-state index is 0.170. The summed E-state index contributed by atoms with van der Waals surface area (Å²) in [7, 11) is 1.50. The lowest BCUT2D eigenvalue weighted by Crippen LogP contribution is -2.41. The number of hydrogen-bond acceptors (Lipinski definition) is 4. The Balaban J connectivity index is 2.30. The number of nitrogens with one attached hydrogen (secondary N) is 2. The van der Waals surface area contributed by atoms with Crippen molar-refractivity contribution in [3.8, 4) is 0 Å². The molecule has 1 unspecified atom stereocenters. The normalized spacial score (nSPS) is 17.9. The van der Waals surface area contributed by atoms with Crippen LogP contribution in [-0.2, 0) is 9.53 Å². The van der Waals surface area contributed by atoms with Gasteiger partial charge in [-0.2, -0.15) is 0 Å². The molecule has 0 fully saturated rings. The molecule has 0 saturated heterocycles. The molecule has 1 atom stereocenters. The van der Waals surface area contributed by atoms with Crippen molar-refractivity contribution in [3.63, 3.8) is 0 Å². The van der Waals surface area contributed by atoms with Crippen molar-refractivity contribution in [2.75, 3.05) is 24.4 Å². The van der Waals surface area contributed by atoms with Crippen LogP contribution in [0.25, 0.3) is 0 Å². The van der Waals surface area contributed by atoms with Crippen molar-refractivity contribution >= 4 is 23.3 Å². The molecule has 1 aromatic rings. The smallest absolute Gasteiger partial charge is 0.335 e. The van der Waals surface area contributed by atoms with Crippen LogP contribution in [0, 0.1) is 0 Å². The molecule has 6 heteroatoms. The summed E-state index contributed by atoms with van der Waals surface area (Å²) in [6.45, 7) is 0.225. The van der Waals surface area contributed by atoms with Crippen molar-refractivity contribution in [1.29, 1.82) is 0 Å². The maximum absolute atomic E-state index is 11.6. The minimum Gasteiger partial charge on any atom is -0.478 e. The van der Waals surface area contributed by atoms with Crippen molar-refractivity contribution < 1.29 is 19.4 Å². The topological polar surface area (TPSA) is 87.7 Å². The maximum Gasteiger partial charge on any atom is 0.335 e. The Hall–Kier alpha value is -2.08. The second kappa shape index (κ2) is 4.42. The van der Waals surface area contributed by atoms with Gasteiger partial charge in [-0.1, -0.05) is 0 Å². The number of carbonyl (C=O) groups is 2. The van der Waals surface area contributed by atoms with Gasteiger partial charge in [0.2, 0.25) is 5.91 Å². The van der Waals surface area contributed by atoms with Crippen LogP contribution in [0.1, 0.15) is 10.4 Å². The number of carboxylic acids is 1. The van der Waals surface area contributed by atoms with Gasteiger partial charge in [-0.15, -0.1) is 0 Å². The minimum atomic E-state index is -1.00. The first-order valence-corrected chi connectivity index (χ1v) is 5.05. The number of amides is 1. The fourth-order valence-corrected chi connectivity index (χ4v) is 1.66. The number of methoxy groups -OCH3 is 1. The molecule has 0 radical (unpaired) electrons. The van der Waals surface area contributed by atoms with Crippen LogP contribution in [-0.4, -0.2) is 36.7 Å². The molecule has 1 amide bonds. The van der Waals surface area contributed by atoms with Crippen LogP contribution in [0.4, 0.5) is 11.4 Å². The van der Waals surface area contributed by atoms with Gasteiger partial charge in [0.15, 0.2) is 0 Å². The van der Waals surface area contributed by atoms with E-state index in [9.17, 15) is 9.59 Å². The fourth-order valence-electron chi connectivity index (χ4n) is 1.66. The second-order valence-corrected chi connectivity index (χ2v) is 3.71. The number of fused-ring (bicyclic) bond motifs is 1. The first kappa shape index (κ1) is 11.4. The summed E-state index contributed by atoms with van der Waals surface area (Å²) in [5, 5.41) is 14.5. The zero-order valence-electron chi connectivity index (χ0n) is 9.19. The summed E-state index contributed by atoms with van der Waals surface area (Å²) < 4.78 is 4.90. The van der Waals surface area contributed by atoms with Crippen molar-refractivity contribution in [2.24, 2.45) is 0 Å². The Morgan fingerprint density at radius 3 is 2.88 bits per heavy atom. The van der Waals surface area contributed by atoms with E-state index in [1.807, 2.05) is 0 Å². The number of anilines is 2. The lowest BCUT2D eigenvalue weighted by Gasteiger charge is -2.26. The molecule has 0 saturated carbocycles. The molecule has 90 valence electrons. The summed E-state index contributed by atoms with van der Waals surface area (Å²) in [6, 6.07) is 3.99. The highest BCUT2D eigenvalue weighted by Gasteiger charge is 2.25. The van der Waals surface area contributed by atoms with Gasteiger partial charge in [-0.3, -0.25) is 4.79 Å². The number of aromatic carboxylic acids is 1. The van der Waals surface area contributed by atoms with Crippen LogP contribution in [0.3, 0.4) is 0 Å². The first-order valence-electron chi connectivity index (χ1n) is 5.05. The van der Waals surface area contributed by atoms with Gasteiger partial charge in [-0.25, -0.2) is 4.79 Å². The number of carboxylic acid groups (broad SMARTS) is 1. The van der Waals surface area contributed by atoms with Gasteiger partial charge < -0.3 is 20.5 Å². The molecular formula is C11H12N2O4. The molecule has 3 N–H and O–H groups in total. The van der Waals surface area contributed by atoms with Crippen LogP contribution in [0.15, 0.2) is 18.2 Å². The standard InChI is InChI=1S/C11H12N2O4/c1-17-5-9-10(14)13-7-3-2-6(11(15)16)4-8(7)12-9/h2-4,9,12H,5H2,1H3,(H,13,14)(H,15,16). The Bertz CT molecular complexity index is 473. The van der Waals surface area contributed by atoms with Crippen LogP contribution in [0.2, 0.25) is 0 Å². The molecule has 17 heavy (non-hydrogen) atoms. The molecule has 1 aliphatic heterocycles. The van der Waals surface area contributed by atoms with Crippen LogP contribution >= 0.6 is 0 Å². The Labute approximate surface area is 97.6 Å². The average Bonchev–Trinajstić information content (AvgIpc) is 2.29. The number of ether oxygens (including phenoxy) is 1. The van der Waals surface area contributed by atoms with E-state index in [1.165, 1.54) is 19.2 Å². The Morgan fingerprint density at radius 1 is 1.47 bits per heavy atom. The molecule has 2 rings (SSSR count). The van der Waals surface area contributed by atoms with Crippen LogP contribution < -0.4 is 10.6 Å². The summed E-state index contributed by atoms with van der Waals surface area (Å²) in [5.74, 6) is -1.20. The number of rotatable bonds is 3. The number of carbonyl (C=O) groups excluding carboxylic acids is 1. The fraction of sp³-hybridized carbons (Fsp3) is 0.273. The van der Waals surface area contributed by atoms with Gasteiger partial charge in [0.25, 0.3) is 0 Å². The number of benzene rings is 1. The van der Waals surface area contributed by atoms with Crippen LogP contribution in [0.5, 0.6) is 0 Å². The van der Waals surface area contributed by atoms with E-state index in [0.29, 0.717) is 11.4 Å². The average molecular weight is 236 g/mol. The zero-order chi connectivity index (χ0) is 12.4. The summed E-state index contributed by atoms with van der Waals surface area (Å²) in [5.41, 5.74) is 1.34. The third kappa shape index (κ3) is 2.21. The molecule has 6 nitrogen and oxygen atoms in total. The van der Waals surface area contributed by atoms with E-state index in [2.05, 4.69) is 10.6 Å². The largest absolute Gasteiger partial charge is 0.478 e. The van der Waals surface area contributed by atoms with Crippen molar-refractivity contribution in [2.45, 2.75) is 6.04 Å². The lowest BCUT2D eigenvalue weighted by atomic mass is 10.1. The highest BCUT2D eigenvalue weighted by Crippen LogP contribution is 2.27. The van der Waals surface area contributed by atoms with E-state index in [-0.39, 0.29) is 18.1 Å². The zero-order valence-corrected chi connectivity index (χ0v) is 9.19. The van der Waals surface area contributed by atoms with Crippen molar-refractivity contribution in [1.82, 2.24) is 0 Å². The molecule has 0 aliphatic carbocycles. The summed E-state index contributed by atoms with van der Waals surface area (Å²) >= 11 is 0.